The van der Waals surface area contributed by atoms with Gasteiger partial charge < -0.3 is 0 Å². The molecule has 1 amide bonds. The summed E-state index contributed by atoms with van der Waals surface area (Å²) in [5.41, 5.74) is 8.61. The highest BCUT2D eigenvalue weighted by atomic mass is 32.1. The first-order valence-corrected chi connectivity index (χ1v) is 11.6. The fraction of sp³-hybridized carbons (Fsp3) is 0. The number of amides is 1. The Kier molecular flexibility index (Phi) is 5.81. The molecule has 2 aromatic carbocycles. The summed E-state index contributed by atoms with van der Waals surface area (Å²) in [5, 5.41) is 8.19. The highest BCUT2D eigenvalue weighted by Crippen LogP contribution is 2.28. The van der Waals surface area contributed by atoms with Gasteiger partial charge in [-0.1, -0.05) is 72.0 Å². The molecule has 0 radical (unpaired) electrons. The average Bonchev–Trinajstić information content (AvgIpc) is 3.62. The van der Waals surface area contributed by atoms with Crippen molar-refractivity contribution in [1.29, 1.82) is 0 Å². The summed E-state index contributed by atoms with van der Waals surface area (Å²) in [4.78, 5) is 44.0. The number of carbonyl (C=O) groups excluding carboxylic acids is 1. The first-order chi connectivity index (χ1) is 16.6. The van der Waals surface area contributed by atoms with Gasteiger partial charge in [-0.15, -0.1) is 16.2 Å². The number of hydrogen-bond acceptors (Lipinski definition) is 9. The number of thiazole rings is 2. The van der Waals surface area contributed by atoms with Crippen LogP contribution in [0.15, 0.2) is 82.2 Å². The molecular formula is C22H15N7O3S2. The van der Waals surface area contributed by atoms with E-state index in [2.05, 4.69) is 31.1 Å². The molecule has 3 N–H and O–H groups in total. The summed E-state index contributed by atoms with van der Waals surface area (Å²) in [5.74, 6) is -0.905. The highest BCUT2D eigenvalue weighted by Gasteiger charge is 2.19. The molecule has 3 heterocycles. The number of rotatable bonds is 7. The van der Waals surface area contributed by atoms with E-state index in [1.165, 1.54) is 22.2 Å². The van der Waals surface area contributed by atoms with Crippen LogP contribution < -0.4 is 16.4 Å². The minimum Gasteiger partial charge on any atom is -0.292 e. The SMILES string of the molecule is O=NC(=O)c1cnc(NNc2c(-c3ccccc3)[nH]n(-c3nc(-c4ccccc4)cs3)c2=O)s1. The number of hydrogen-bond donors (Lipinski definition) is 3. The maximum Gasteiger partial charge on any atom is 0.328 e. The van der Waals surface area contributed by atoms with Crippen LogP contribution in [0.4, 0.5) is 10.8 Å². The van der Waals surface area contributed by atoms with Crippen molar-refractivity contribution in [2.45, 2.75) is 0 Å². The molecule has 0 aliphatic heterocycles. The maximum atomic E-state index is 13.4. The largest absolute Gasteiger partial charge is 0.328 e. The highest BCUT2D eigenvalue weighted by molar-refractivity contribution is 7.17. The zero-order valence-electron chi connectivity index (χ0n) is 17.3. The van der Waals surface area contributed by atoms with E-state index in [1.807, 2.05) is 66.0 Å². The molecule has 0 fully saturated rings. The zero-order chi connectivity index (χ0) is 23.5. The van der Waals surface area contributed by atoms with Gasteiger partial charge in [0.1, 0.15) is 10.6 Å². The lowest BCUT2D eigenvalue weighted by atomic mass is 10.1. The number of hydrazine groups is 1. The predicted octanol–water partition coefficient (Wildman–Crippen LogP) is 4.76. The van der Waals surface area contributed by atoms with Gasteiger partial charge in [0.25, 0.3) is 5.56 Å². The summed E-state index contributed by atoms with van der Waals surface area (Å²) in [6, 6.07) is 19.0. The molecule has 5 aromatic rings. The smallest absolute Gasteiger partial charge is 0.292 e. The minimum atomic E-state index is -0.905. The standard InChI is InChI=1S/C22H15N7O3S2/c30-19(28-32)16-11-23-21(34-16)26-25-18-17(14-9-5-2-6-10-14)27-29(20(18)31)22-24-15(12-33-22)13-7-3-1-4-8-13/h1-12,25,27H,(H,23,26). The third-order valence-corrected chi connectivity index (χ3v) is 6.53. The van der Waals surface area contributed by atoms with E-state index in [1.54, 1.807) is 0 Å². The Labute approximate surface area is 199 Å². The number of carbonyl (C=O) groups is 1. The molecule has 0 saturated carbocycles. The Hall–Kier alpha value is -4.42. The Bertz CT molecular complexity index is 1520. The van der Waals surface area contributed by atoms with Crippen LogP contribution in [-0.4, -0.2) is 25.7 Å². The van der Waals surface area contributed by atoms with Crippen molar-refractivity contribution in [2.24, 2.45) is 5.18 Å². The molecular weight excluding hydrogens is 474 g/mol. The molecule has 10 nitrogen and oxygen atoms in total. The van der Waals surface area contributed by atoms with Gasteiger partial charge >= 0.3 is 5.91 Å². The van der Waals surface area contributed by atoms with Crippen molar-refractivity contribution < 1.29 is 4.79 Å². The molecule has 168 valence electrons. The van der Waals surface area contributed by atoms with Gasteiger partial charge in [-0.25, -0.2) is 9.97 Å². The first kappa shape index (κ1) is 21.4. The monoisotopic (exact) mass is 489 g/mol. The van der Waals surface area contributed by atoms with E-state index in [0.29, 0.717) is 16.0 Å². The van der Waals surface area contributed by atoms with E-state index in [9.17, 15) is 14.5 Å². The van der Waals surface area contributed by atoms with Crippen LogP contribution in [0.3, 0.4) is 0 Å². The quantitative estimate of drug-likeness (QED) is 0.222. The Balaban J connectivity index is 1.50. The number of anilines is 2. The minimum absolute atomic E-state index is 0.0882. The molecule has 5 rings (SSSR count). The Morgan fingerprint density at radius 2 is 1.71 bits per heavy atom. The fourth-order valence-electron chi connectivity index (χ4n) is 3.20. The first-order valence-electron chi connectivity index (χ1n) is 9.91. The Morgan fingerprint density at radius 1 is 1.00 bits per heavy atom. The molecule has 0 atom stereocenters. The molecule has 0 bridgehead atoms. The van der Waals surface area contributed by atoms with E-state index in [4.69, 9.17) is 0 Å². The van der Waals surface area contributed by atoms with E-state index in [-0.39, 0.29) is 16.1 Å². The summed E-state index contributed by atoms with van der Waals surface area (Å²) < 4.78 is 1.37. The van der Waals surface area contributed by atoms with Crippen molar-refractivity contribution in [3.8, 4) is 27.6 Å². The van der Waals surface area contributed by atoms with Crippen LogP contribution in [0.1, 0.15) is 9.67 Å². The second-order valence-electron chi connectivity index (χ2n) is 6.93. The molecule has 0 aliphatic carbocycles. The predicted molar refractivity (Wildman–Crippen MR) is 132 cm³/mol. The average molecular weight is 490 g/mol. The third-order valence-electron chi connectivity index (χ3n) is 4.80. The lowest BCUT2D eigenvalue weighted by Gasteiger charge is -2.06. The van der Waals surface area contributed by atoms with Gasteiger partial charge in [0, 0.05) is 21.7 Å². The van der Waals surface area contributed by atoms with Gasteiger partial charge in [0.05, 0.1) is 17.6 Å². The summed E-state index contributed by atoms with van der Waals surface area (Å²) >= 11 is 2.28. The number of nitroso groups, excluding NO2 is 1. The van der Waals surface area contributed by atoms with E-state index in [0.717, 1.165) is 28.2 Å². The lowest BCUT2D eigenvalue weighted by molar-refractivity contribution is 0.100. The van der Waals surface area contributed by atoms with Crippen LogP contribution >= 0.6 is 22.7 Å². The topological polar surface area (TPSA) is 134 Å². The summed E-state index contributed by atoms with van der Waals surface area (Å²) in [6.45, 7) is 0. The van der Waals surface area contributed by atoms with Crippen LogP contribution in [0.25, 0.3) is 27.6 Å². The second-order valence-corrected chi connectivity index (χ2v) is 8.79. The molecule has 0 spiro atoms. The number of aromatic amines is 1. The number of aromatic nitrogens is 4. The molecule has 0 aliphatic rings. The summed E-state index contributed by atoms with van der Waals surface area (Å²) in [6.07, 6.45) is 1.24. The Morgan fingerprint density at radius 3 is 2.41 bits per heavy atom. The van der Waals surface area contributed by atoms with E-state index >= 15 is 0 Å². The number of H-pyrrole nitrogens is 1. The zero-order valence-corrected chi connectivity index (χ0v) is 18.9. The van der Waals surface area contributed by atoms with Crippen molar-refractivity contribution in [3.05, 3.63) is 92.4 Å². The number of benzene rings is 2. The molecule has 12 heteroatoms. The molecule has 0 unspecified atom stereocenters. The fourth-order valence-corrected chi connectivity index (χ4v) is 4.64. The molecule has 0 saturated heterocycles. The van der Waals surface area contributed by atoms with Crippen molar-refractivity contribution in [1.82, 2.24) is 19.7 Å². The van der Waals surface area contributed by atoms with Gasteiger partial charge in [0.2, 0.25) is 10.3 Å². The molecule has 34 heavy (non-hydrogen) atoms. The molecule has 3 aromatic heterocycles. The van der Waals surface area contributed by atoms with Crippen molar-refractivity contribution in [2.75, 3.05) is 10.9 Å². The second kappa shape index (κ2) is 9.21. The van der Waals surface area contributed by atoms with Gasteiger partial charge in [-0.2, -0.15) is 4.68 Å². The van der Waals surface area contributed by atoms with Crippen molar-refractivity contribution in [3.63, 3.8) is 0 Å². The van der Waals surface area contributed by atoms with Crippen LogP contribution in [-0.2, 0) is 0 Å². The number of nitrogens with one attached hydrogen (secondary N) is 3. The van der Waals surface area contributed by atoms with Crippen molar-refractivity contribution >= 4 is 39.4 Å². The van der Waals surface area contributed by atoms with Crippen LogP contribution in [0.2, 0.25) is 0 Å². The lowest BCUT2D eigenvalue weighted by Crippen LogP contribution is -2.20. The summed E-state index contributed by atoms with van der Waals surface area (Å²) in [7, 11) is 0. The van der Waals surface area contributed by atoms with Gasteiger partial charge in [0.15, 0.2) is 0 Å². The van der Waals surface area contributed by atoms with Crippen LogP contribution in [0.5, 0.6) is 0 Å². The van der Waals surface area contributed by atoms with Gasteiger partial charge in [-0.3, -0.25) is 25.5 Å². The van der Waals surface area contributed by atoms with E-state index < -0.39 is 5.91 Å². The third kappa shape index (κ3) is 4.14. The number of nitrogens with zero attached hydrogens (tertiary/aromatic N) is 4. The normalized spacial score (nSPS) is 10.7. The van der Waals surface area contributed by atoms with Crippen LogP contribution in [0, 0.1) is 4.91 Å². The van der Waals surface area contributed by atoms with Gasteiger partial charge in [-0.05, 0) is 0 Å². The maximum absolute atomic E-state index is 13.4.